The molecular formula is C36H24N8O2S6. The van der Waals surface area contributed by atoms with Crippen molar-refractivity contribution in [2.75, 3.05) is 13.2 Å². The number of thiophene rings is 6. The molecule has 0 aliphatic heterocycles. The minimum atomic E-state index is -0.196. The van der Waals surface area contributed by atoms with E-state index in [1.54, 1.807) is 22.7 Å². The molecule has 8 heterocycles. The van der Waals surface area contributed by atoms with Crippen LogP contribution >= 0.6 is 68.0 Å². The summed E-state index contributed by atoms with van der Waals surface area (Å²) in [6, 6.07) is 13.6. The first-order valence-electron chi connectivity index (χ1n) is 16.0. The summed E-state index contributed by atoms with van der Waals surface area (Å²) in [6.45, 7) is 12.5. The average molecular weight is 793 g/mol. The molecule has 0 aromatic carbocycles. The van der Waals surface area contributed by atoms with Gasteiger partial charge < -0.3 is 23.5 Å². The lowest BCUT2D eigenvalue weighted by Gasteiger charge is -2.03. The minimum Gasteiger partial charge on any atom is -0.492 e. The van der Waals surface area contributed by atoms with Gasteiger partial charge in [-0.1, -0.05) is 36.7 Å². The fraction of sp³-hybridized carbons (Fsp3) is 0.222. The van der Waals surface area contributed by atoms with E-state index >= 15 is 0 Å². The molecular weight excluding hydrogens is 769 g/mol. The highest BCUT2D eigenvalue weighted by Gasteiger charge is 2.27. The zero-order valence-corrected chi connectivity index (χ0v) is 32.9. The first kappa shape index (κ1) is 34.1. The second kappa shape index (κ2) is 13.5. The number of rotatable bonds is 10. The molecule has 0 fully saturated rings. The van der Waals surface area contributed by atoms with Crippen molar-refractivity contribution in [1.29, 1.82) is 15.8 Å². The topological polar surface area (TPSA) is 129 Å². The zero-order valence-electron chi connectivity index (χ0n) is 28.0. The van der Waals surface area contributed by atoms with E-state index < -0.39 is 0 Å². The predicted octanol–water partition coefficient (Wildman–Crippen LogP) is 12.0. The van der Waals surface area contributed by atoms with Crippen molar-refractivity contribution in [1.82, 2.24) is 9.13 Å². The molecule has 52 heavy (non-hydrogen) atoms. The Bertz CT molecular complexity index is 2740. The summed E-state index contributed by atoms with van der Waals surface area (Å²) < 4.78 is 24.3. The van der Waals surface area contributed by atoms with Gasteiger partial charge in [-0.25, -0.2) is 10.3 Å². The predicted molar refractivity (Wildman–Crippen MR) is 219 cm³/mol. The third-order valence-corrected chi connectivity index (χ3v) is 15.8. The Hall–Kier alpha value is -5.04. The van der Waals surface area contributed by atoms with Crippen LogP contribution in [0.4, 0.5) is 10.0 Å². The molecule has 256 valence electrons. The van der Waals surface area contributed by atoms with Crippen LogP contribution in [0.2, 0.25) is 0 Å². The summed E-state index contributed by atoms with van der Waals surface area (Å²) in [6.07, 6.45) is 1.71. The maximum absolute atomic E-state index is 9.26. The molecule has 0 N–H and O–H groups in total. The molecule has 0 atom stereocenters. The van der Waals surface area contributed by atoms with Gasteiger partial charge in [0.05, 0.1) is 83.0 Å². The summed E-state index contributed by atoms with van der Waals surface area (Å²) >= 11 is 9.99. The Balaban J connectivity index is 1.24. The van der Waals surface area contributed by atoms with Gasteiger partial charge in [-0.15, -0.1) is 56.7 Å². The molecule has 8 aromatic heterocycles. The van der Waals surface area contributed by atoms with Crippen molar-refractivity contribution in [2.24, 2.45) is 24.1 Å². The van der Waals surface area contributed by atoms with E-state index in [1.165, 1.54) is 61.9 Å². The maximum Gasteiger partial charge on any atom is 0.350 e. The Morgan fingerprint density at radius 1 is 0.673 bits per heavy atom. The lowest BCUT2D eigenvalue weighted by molar-refractivity contribution is 0.320. The van der Waals surface area contributed by atoms with E-state index in [0.29, 0.717) is 29.0 Å². The van der Waals surface area contributed by atoms with Crippen LogP contribution in [0.1, 0.15) is 26.7 Å². The molecule has 0 aliphatic carbocycles. The van der Waals surface area contributed by atoms with Gasteiger partial charge >= 0.3 is 5.84 Å². The maximum atomic E-state index is 9.26. The Kier molecular flexibility index (Phi) is 8.84. The van der Waals surface area contributed by atoms with Crippen LogP contribution < -0.4 is 9.47 Å². The lowest BCUT2D eigenvalue weighted by atomic mass is 10.3. The first-order chi connectivity index (χ1) is 25.3. The smallest absolute Gasteiger partial charge is 0.350 e. The summed E-state index contributed by atoms with van der Waals surface area (Å²) in [7, 11) is 4.25. The van der Waals surface area contributed by atoms with Gasteiger partial charge in [-0.05, 0) is 25.0 Å². The van der Waals surface area contributed by atoms with E-state index in [0.717, 1.165) is 49.1 Å². The van der Waals surface area contributed by atoms with Crippen LogP contribution in [0.3, 0.4) is 0 Å². The molecule has 0 amide bonds. The molecule has 16 heteroatoms. The number of amidine groups is 1. The van der Waals surface area contributed by atoms with Crippen LogP contribution in [0.5, 0.6) is 11.5 Å². The molecule has 8 rings (SSSR count). The van der Waals surface area contributed by atoms with Gasteiger partial charge in [0.1, 0.15) is 34.7 Å². The standard InChI is InChI=1S/C36H24N8O2S6/c1-6-8-45-20-12-25(41-17(14-37)15-38)49-31(20)22-10-18-29(47-22)33-27(43(18)4)35-36(51-33)28-34(52-35)30-19(44(28)5)11-23(48-30)32-21(46-9-7-2)13-26(50-32)42-24(16-39)40-3/h10-13H,6-9H2,1-2,4-5H3. The van der Waals surface area contributed by atoms with Gasteiger partial charge in [0.2, 0.25) is 10.7 Å². The highest BCUT2D eigenvalue weighted by Crippen LogP contribution is 2.55. The number of aliphatic imine (C=N–C) groups is 2. The van der Waals surface area contributed by atoms with Crippen molar-refractivity contribution in [3.05, 3.63) is 35.7 Å². The molecule has 0 radical (unpaired) electrons. The monoisotopic (exact) mass is 792 g/mol. The first-order valence-corrected chi connectivity index (χ1v) is 20.9. The number of fused-ring (bicyclic) bond motifs is 9. The molecule has 0 unspecified atom stereocenters. The van der Waals surface area contributed by atoms with E-state index in [2.05, 4.69) is 64.0 Å². The summed E-state index contributed by atoms with van der Waals surface area (Å²) in [4.78, 5) is 15.8. The third kappa shape index (κ3) is 5.39. The second-order valence-corrected chi connectivity index (χ2v) is 17.8. The normalized spacial score (nSPS) is 11.8. The largest absolute Gasteiger partial charge is 0.492 e. The lowest BCUT2D eigenvalue weighted by Crippen LogP contribution is -1.94. The number of nitriles is 3. The fourth-order valence-electron chi connectivity index (χ4n) is 6.06. The molecule has 0 saturated heterocycles. The highest BCUT2D eigenvalue weighted by atomic mass is 32.1. The number of ether oxygens (including phenoxy) is 2. The molecule has 8 aromatic rings. The summed E-state index contributed by atoms with van der Waals surface area (Å²) in [5, 5.41) is 28.9. The molecule has 0 bridgehead atoms. The SMILES string of the molecule is [C-]#[N+]C(C#N)=Nc1cc(OCCC)c(-c2cc3c(s2)c2sc4c(sc5c6sc(-c7sc(N=C(C#N)C#N)cc7OCCC)cc6n(C)c54)c2n3C)s1. The van der Waals surface area contributed by atoms with E-state index in [1.807, 2.05) is 53.0 Å². The van der Waals surface area contributed by atoms with Crippen LogP contribution in [0.25, 0.3) is 74.6 Å². The van der Waals surface area contributed by atoms with Gasteiger partial charge in [0, 0.05) is 26.2 Å². The van der Waals surface area contributed by atoms with E-state index in [9.17, 15) is 15.8 Å². The number of aromatic nitrogens is 2. The average Bonchev–Trinajstić information content (AvgIpc) is 4.00. The van der Waals surface area contributed by atoms with Crippen LogP contribution in [-0.4, -0.2) is 33.9 Å². The number of hydrogen-bond acceptors (Lipinski definition) is 13. The van der Waals surface area contributed by atoms with Gasteiger partial charge in [0.15, 0.2) is 0 Å². The number of hydrogen-bond donors (Lipinski definition) is 0. The minimum absolute atomic E-state index is 0.182. The van der Waals surface area contributed by atoms with Crippen molar-refractivity contribution >= 4 is 140 Å². The van der Waals surface area contributed by atoms with Crippen molar-refractivity contribution < 1.29 is 9.47 Å². The van der Waals surface area contributed by atoms with E-state index in [-0.39, 0.29) is 11.5 Å². The van der Waals surface area contributed by atoms with Gasteiger partial charge in [0.25, 0.3) is 0 Å². The molecule has 0 aliphatic rings. The Labute approximate surface area is 321 Å². The zero-order chi connectivity index (χ0) is 36.3. The second-order valence-electron chi connectivity index (χ2n) is 11.6. The van der Waals surface area contributed by atoms with Crippen LogP contribution in [-0.2, 0) is 14.1 Å². The Morgan fingerprint density at radius 2 is 1.13 bits per heavy atom. The van der Waals surface area contributed by atoms with Crippen LogP contribution in [0, 0.1) is 40.6 Å². The van der Waals surface area contributed by atoms with E-state index in [4.69, 9.17) is 16.0 Å². The molecule has 0 saturated carbocycles. The van der Waals surface area contributed by atoms with Gasteiger partial charge in [-0.2, -0.15) is 10.5 Å². The van der Waals surface area contributed by atoms with Crippen molar-refractivity contribution in [3.63, 3.8) is 0 Å². The van der Waals surface area contributed by atoms with Crippen LogP contribution in [0.15, 0.2) is 34.3 Å². The molecule has 10 nitrogen and oxygen atoms in total. The summed E-state index contributed by atoms with van der Waals surface area (Å²) in [5.74, 6) is 1.24. The molecule has 0 spiro atoms. The van der Waals surface area contributed by atoms with Gasteiger partial charge in [-0.3, -0.25) is 0 Å². The van der Waals surface area contributed by atoms with Crippen molar-refractivity contribution in [3.8, 4) is 49.2 Å². The summed E-state index contributed by atoms with van der Waals surface area (Å²) in [5.41, 5.74) is 4.57. The third-order valence-electron chi connectivity index (χ3n) is 8.30. The number of aryl methyl sites for hydroxylation is 2. The van der Waals surface area contributed by atoms with Crippen molar-refractivity contribution in [2.45, 2.75) is 26.7 Å². The quantitative estimate of drug-likeness (QED) is 0.0773. The number of nitrogens with zero attached hydrogens (tertiary/aromatic N) is 8. The highest BCUT2D eigenvalue weighted by molar-refractivity contribution is 7.40. The fourth-order valence-corrected chi connectivity index (χ4v) is 13.9. The Morgan fingerprint density at radius 3 is 1.56 bits per heavy atom.